The molecule has 1 aliphatic rings. The molecule has 1 saturated heterocycles. The van der Waals surface area contributed by atoms with Crippen LogP contribution in [0.4, 0.5) is 5.69 Å². The van der Waals surface area contributed by atoms with Gasteiger partial charge < -0.3 is 5.11 Å². The molecule has 92 valence electrons. The molecule has 1 fully saturated rings. The van der Waals surface area contributed by atoms with E-state index >= 15 is 0 Å². The van der Waals surface area contributed by atoms with Crippen molar-refractivity contribution in [3.8, 4) is 0 Å². The van der Waals surface area contributed by atoms with E-state index in [0.29, 0.717) is 12.3 Å². The summed E-state index contributed by atoms with van der Waals surface area (Å²) in [5, 5.41) is 10.7. The van der Waals surface area contributed by atoms with E-state index in [1.54, 1.807) is 5.01 Å². The molecular weight excluding hydrogens is 216 g/mol. The van der Waals surface area contributed by atoms with Crippen LogP contribution in [0.15, 0.2) is 24.3 Å². The van der Waals surface area contributed by atoms with Crippen LogP contribution in [0.3, 0.4) is 0 Å². The lowest BCUT2D eigenvalue weighted by molar-refractivity contribution is -0.117. The number of hydrogen-bond acceptors (Lipinski definition) is 3. The number of aliphatic hydroxyl groups excluding tert-OH is 1. The highest BCUT2D eigenvalue weighted by Gasteiger charge is 2.31. The van der Waals surface area contributed by atoms with Crippen LogP contribution in [-0.2, 0) is 11.4 Å². The van der Waals surface area contributed by atoms with Gasteiger partial charge in [0.2, 0.25) is 5.91 Å². The molecule has 0 saturated carbocycles. The van der Waals surface area contributed by atoms with Crippen LogP contribution >= 0.6 is 0 Å². The molecule has 0 aromatic heterocycles. The topological polar surface area (TPSA) is 52.6 Å². The average Bonchev–Trinajstić information content (AvgIpc) is 2.72. The van der Waals surface area contributed by atoms with Crippen LogP contribution in [-0.4, -0.2) is 17.1 Å². The van der Waals surface area contributed by atoms with E-state index in [2.05, 4.69) is 19.3 Å². The Bertz CT molecular complexity index is 418. The van der Waals surface area contributed by atoms with E-state index in [9.17, 15) is 4.79 Å². The Morgan fingerprint density at radius 2 is 2.29 bits per heavy atom. The van der Waals surface area contributed by atoms with Crippen molar-refractivity contribution in [2.24, 2.45) is 5.92 Å². The summed E-state index contributed by atoms with van der Waals surface area (Å²) in [5.74, 6) is 0.503. The number of amides is 1. The van der Waals surface area contributed by atoms with E-state index < -0.39 is 0 Å². The number of anilines is 1. The summed E-state index contributed by atoms with van der Waals surface area (Å²) in [6.45, 7) is 4.18. The summed E-state index contributed by atoms with van der Waals surface area (Å²) >= 11 is 0. The highest BCUT2D eigenvalue weighted by Crippen LogP contribution is 2.22. The minimum Gasteiger partial charge on any atom is -0.392 e. The third kappa shape index (κ3) is 2.48. The average molecular weight is 234 g/mol. The highest BCUT2D eigenvalue weighted by atomic mass is 16.3. The maximum absolute atomic E-state index is 11.9. The molecule has 1 aliphatic heterocycles. The van der Waals surface area contributed by atoms with E-state index in [-0.39, 0.29) is 18.6 Å². The molecule has 4 nitrogen and oxygen atoms in total. The molecule has 1 heterocycles. The number of aliphatic hydroxyl groups is 1. The van der Waals surface area contributed by atoms with Gasteiger partial charge in [-0.25, -0.2) is 10.4 Å². The molecule has 0 bridgehead atoms. The predicted molar refractivity (Wildman–Crippen MR) is 66.2 cm³/mol. The zero-order chi connectivity index (χ0) is 12.4. The summed E-state index contributed by atoms with van der Waals surface area (Å²) in [5.41, 5.74) is 4.82. The smallest absolute Gasteiger partial charge is 0.243 e. The van der Waals surface area contributed by atoms with E-state index in [1.807, 2.05) is 24.3 Å². The maximum Gasteiger partial charge on any atom is 0.243 e. The molecule has 0 aliphatic carbocycles. The fourth-order valence-corrected chi connectivity index (χ4v) is 1.96. The van der Waals surface area contributed by atoms with Crippen LogP contribution in [0, 0.1) is 5.92 Å². The summed E-state index contributed by atoms with van der Waals surface area (Å²) in [6.07, 6.45) is 0.529. The quantitative estimate of drug-likeness (QED) is 0.832. The predicted octanol–water partition coefficient (Wildman–Crippen LogP) is 1.44. The van der Waals surface area contributed by atoms with Gasteiger partial charge >= 0.3 is 0 Å². The van der Waals surface area contributed by atoms with Gasteiger partial charge in [-0.2, -0.15) is 0 Å². The molecule has 0 radical (unpaired) electrons. The standard InChI is InChI=1S/C13H18N2O2/c1-9(2)12-7-13(17)15(14-12)11-5-3-4-10(6-11)8-16/h3-6,9,12,14,16H,7-8H2,1-2H3. The zero-order valence-electron chi connectivity index (χ0n) is 10.2. The number of benzene rings is 1. The Morgan fingerprint density at radius 1 is 1.53 bits per heavy atom. The first kappa shape index (κ1) is 12.1. The monoisotopic (exact) mass is 234 g/mol. The zero-order valence-corrected chi connectivity index (χ0v) is 10.2. The van der Waals surface area contributed by atoms with Gasteiger partial charge in [0.25, 0.3) is 0 Å². The molecule has 4 heteroatoms. The Balaban J connectivity index is 2.19. The van der Waals surface area contributed by atoms with Crippen LogP contribution in [0.5, 0.6) is 0 Å². The molecule has 1 unspecified atom stereocenters. The lowest BCUT2D eigenvalue weighted by atomic mass is 10.0. The Morgan fingerprint density at radius 3 is 2.88 bits per heavy atom. The van der Waals surface area contributed by atoms with Crippen molar-refractivity contribution in [1.29, 1.82) is 0 Å². The van der Waals surface area contributed by atoms with Crippen LogP contribution in [0.2, 0.25) is 0 Å². The minimum absolute atomic E-state index is 0.0104. The van der Waals surface area contributed by atoms with Gasteiger partial charge in [0.05, 0.1) is 12.3 Å². The van der Waals surface area contributed by atoms with Crippen molar-refractivity contribution in [3.05, 3.63) is 29.8 Å². The number of carbonyl (C=O) groups is 1. The number of nitrogens with one attached hydrogen (secondary N) is 1. The van der Waals surface area contributed by atoms with Crippen LogP contribution < -0.4 is 10.4 Å². The first-order chi connectivity index (χ1) is 8.11. The summed E-state index contributed by atoms with van der Waals surface area (Å²) < 4.78 is 0. The van der Waals surface area contributed by atoms with Gasteiger partial charge in [-0.15, -0.1) is 0 Å². The first-order valence-corrected chi connectivity index (χ1v) is 5.90. The SMILES string of the molecule is CC(C)C1CC(=O)N(c2cccc(CO)c2)N1. The lowest BCUT2D eigenvalue weighted by Crippen LogP contribution is -2.39. The Kier molecular flexibility index (Phi) is 3.45. The van der Waals surface area contributed by atoms with Crippen molar-refractivity contribution in [2.45, 2.75) is 32.9 Å². The van der Waals surface area contributed by atoms with Crippen molar-refractivity contribution in [2.75, 3.05) is 5.01 Å². The molecule has 1 aromatic carbocycles. The van der Waals surface area contributed by atoms with Crippen molar-refractivity contribution in [1.82, 2.24) is 5.43 Å². The number of hydrogen-bond donors (Lipinski definition) is 2. The second-order valence-corrected chi connectivity index (χ2v) is 4.74. The summed E-state index contributed by atoms with van der Waals surface area (Å²) in [7, 11) is 0. The normalized spacial score (nSPS) is 20.4. The van der Waals surface area contributed by atoms with Gasteiger partial charge in [-0.3, -0.25) is 4.79 Å². The molecule has 0 spiro atoms. The fraction of sp³-hybridized carbons (Fsp3) is 0.462. The van der Waals surface area contributed by atoms with Crippen molar-refractivity contribution >= 4 is 11.6 Å². The summed E-state index contributed by atoms with van der Waals surface area (Å²) in [6, 6.07) is 7.57. The molecule has 1 atom stereocenters. The van der Waals surface area contributed by atoms with Gasteiger partial charge in [-0.05, 0) is 23.6 Å². The summed E-state index contributed by atoms with van der Waals surface area (Å²) in [4.78, 5) is 11.9. The molecular formula is C13H18N2O2. The molecule has 1 aromatic rings. The third-order valence-electron chi connectivity index (χ3n) is 3.09. The maximum atomic E-state index is 11.9. The molecule has 1 amide bonds. The number of carbonyl (C=O) groups excluding carboxylic acids is 1. The number of rotatable bonds is 3. The van der Waals surface area contributed by atoms with E-state index in [4.69, 9.17) is 5.11 Å². The second kappa shape index (κ2) is 4.85. The van der Waals surface area contributed by atoms with Crippen molar-refractivity contribution in [3.63, 3.8) is 0 Å². The largest absolute Gasteiger partial charge is 0.392 e. The van der Waals surface area contributed by atoms with Crippen molar-refractivity contribution < 1.29 is 9.90 Å². The first-order valence-electron chi connectivity index (χ1n) is 5.90. The van der Waals surface area contributed by atoms with Gasteiger partial charge in [-0.1, -0.05) is 26.0 Å². The third-order valence-corrected chi connectivity index (χ3v) is 3.09. The van der Waals surface area contributed by atoms with Crippen LogP contribution in [0.25, 0.3) is 0 Å². The lowest BCUT2D eigenvalue weighted by Gasteiger charge is -2.20. The fourth-order valence-electron chi connectivity index (χ4n) is 1.96. The minimum atomic E-state index is -0.0104. The van der Waals surface area contributed by atoms with Gasteiger partial charge in [0, 0.05) is 12.5 Å². The second-order valence-electron chi connectivity index (χ2n) is 4.74. The number of nitrogens with zero attached hydrogens (tertiary/aromatic N) is 1. The van der Waals surface area contributed by atoms with E-state index in [0.717, 1.165) is 11.3 Å². The molecule has 17 heavy (non-hydrogen) atoms. The van der Waals surface area contributed by atoms with Gasteiger partial charge in [0.1, 0.15) is 0 Å². The number of hydrazine groups is 1. The Hall–Kier alpha value is -1.39. The highest BCUT2D eigenvalue weighted by molar-refractivity contribution is 5.95. The van der Waals surface area contributed by atoms with E-state index in [1.165, 1.54) is 0 Å². The molecule has 2 rings (SSSR count). The Labute approximate surface area is 101 Å². The van der Waals surface area contributed by atoms with Crippen LogP contribution in [0.1, 0.15) is 25.8 Å². The molecule has 2 N–H and O–H groups in total. The van der Waals surface area contributed by atoms with Gasteiger partial charge in [0.15, 0.2) is 0 Å².